The zero-order valence-corrected chi connectivity index (χ0v) is 21.5. The quantitative estimate of drug-likeness (QED) is 0.135. The first kappa shape index (κ1) is 27.8. The molecule has 0 bridgehead atoms. The van der Waals surface area contributed by atoms with Crippen molar-refractivity contribution in [3.05, 3.63) is 47.0 Å². The van der Waals surface area contributed by atoms with Gasteiger partial charge in [-0.2, -0.15) is 4.33 Å². The van der Waals surface area contributed by atoms with Crippen LogP contribution in [0.15, 0.2) is 56.0 Å². The van der Waals surface area contributed by atoms with Crippen LogP contribution in [0, 0.1) is 6.92 Å². The van der Waals surface area contributed by atoms with Gasteiger partial charge in [-0.25, -0.2) is 16.8 Å². The Balaban J connectivity index is 0.00000338. The van der Waals surface area contributed by atoms with Crippen molar-refractivity contribution in [1.82, 2.24) is 0 Å². The number of rotatable bonds is 6. The Bertz CT molecular complexity index is 1010. The van der Waals surface area contributed by atoms with Gasteiger partial charge >= 0.3 is 59.1 Å². The molecule has 0 N–H and O–H groups in total. The fraction of sp³-hybridized carbons (Fsp3) is 0.0769. The molecule has 0 unspecified atom stereocenters. The maximum atomic E-state index is 12.7. The van der Waals surface area contributed by atoms with Crippen LogP contribution in [0.5, 0.6) is 0 Å². The van der Waals surface area contributed by atoms with E-state index in [1.54, 1.807) is 0 Å². The van der Waals surface area contributed by atoms with Gasteiger partial charge in [0.2, 0.25) is 9.84 Å². The van der Waals surface area contributed by atoms with E-state index < -0.39 is 24.9 Å². The van der Waals surface area contributed by atoms with E-state index in [1.807, 2.05) is 0 Å². The number of sulfone groups is 1. The summed E-state index contributed by atoms with van der Waals surface area (Å²) >= 11 is 6.27. The first-order valence-electron chi connectivity index (χ1n) is 6.31. The molecule has 0 aromatic heterocycles. The summed E-state index contributed by atoms with van der Waals surface area (Å²) in [5.41, 5.74) is 0.127. The Kier molecular flexibility index (Phi) is 11.6. The standard InChI is InChI=1S/C13H11ClO8S3.2Na/c1-8-2-3-10(7-13(8)25(18,19)20)24(16,17)9-4-5-11(14)12(6-9)23-22-21-15;;/h2-7,15H,1H3,(H,18,19,20);;/q;2*+1/p-2. The molecule has 0 aliphatic rings. The summed E-state index contributed by atoms with van der Waals surface area (Å²) in [6.07, 6.45) is 0. The summed E-state index contributed by atoms with van der Waals surface area (Å²) in [4.78, 5) is -1.17. The monoisotopic (exact) mass is 470 g/mol. The van der Waals surface area contributed by atoms with Crippen molar-refractivity contribution in [3.63, 3.8) is 0 Å². The first-order chi connectivity index (χ1) is 11.6. The van der Waals surface area contributed by atoms with Crippen LogP contribution < -0.4 is 64.4 Å². The van der Waals surface area contributed by atoms with Gasteiger partial charge in [0.05, 0.1) is 36.6 Å². The summed E-state index contributed by atoms with van der Waals surface area (Å²) in [5.74, 6) is 0. The molecule has 0 aliphatic carbocycles. The summed E-state index contributed by atoms with van der Waals surface area (Å²) in [5, 5.41) is 13.2. The molecule has 0 fully saturated rings. The largest absolute Gasteiger partial charge is 1.00 e. The van der Waals surface area contributed by atoms with Crippen LogP contribution in [0.1, 0.15) is 5.56 Å². The molecule has 2 rings (SSSR count). The van der Waals surface area contributed by atoms with E-state index in [2.05, 4.69) is 9.37 Å². The molecule has 0 aliphatic heterocycles. The van der Waals surface area contributed by atoms with Crippen LogP contribution in [-0.2, 0) is 29.3 Å². The Morgan fingerprint density at radius 2 is 1.56 bits per heavy atom. The van der Waals surface area contributed by atoms with E-state index in [4.69, 9.17) is 11.6 Å². The zero-order valence-electron chi connectivity index (χ0n) is 14.3. The number of halogens is 1. The van der Waals surface area contributed by atoms with Gasteiger partial charge < -0.3 is 9.81 Å². The van der Waals surface area contributed by atoms with Crippen LogP contribution in [0.3, 0.4) is 0 Å². The first-order valence-corrected chi connectivity index (χ1v) is 10.3. The Labute approximate surface area is 209 Å². The van der Waals surface area contributed by atoms with E-state index in [0.29, 0.717) is 12.0 Å². The molecule has 136 valence electrons. The molecule has 0 radical (unpaired) electrons. The van der Waals surface area contributed by atoms with Gasteiger partial charge in [-0.05, 0) is 42.8 Å². The molecule has 0 heterocycles. The second-order valence-corrected chi connectivity index (χ2v) is 9.14. The van der Waals surface area contributed by atoms with E-state index in [1.165, 1.54) is 31.2 Å². The van der Waals surface area contributed by atoms with E-state index in [-0.39, 0.29) is 84.4 Å². The van der Waals surface area contributed by atoms with Gasteiger partial charge in [0.1, 0.15) is 10.1 Å². The van der Waals surface area contributed by atoms with Crippen LogP contribution in [-0.4, -0.2) is 21.4 Å². The van der Waals surface area contributed by atoms with Crippen molar-refractivity contribution in [2.24, 2.45) is 0 Å². The molecule has 14 heteroatoms. The second kappa shape index (κ2) is 11.3. The average Bonchev–Trinajstić information content (AvgIpc) is 2.53. The minimum absolute atomic E-state index is 0. The van der Waals surface area contributed by atoms with Gasteiger partial charge in [-0.1, -0.05) is 17.7 Å². The molecule has 27 heavy (non-hydrogen) atoms. The minimum Gasteiger partial charge on any atom is -0.744 e. The van der Waals surface area contributed by atoms with Gasteiger partial charge in [-0.15, -0.1) is 0 Å². The van der Waals surface area contributed by atoms with Crippen molar-refractivity contribution >= 4 is 43.6 Å². The third-order valence-electron chi connectivity index (χ3n) is 3.10. The van der Waals surface area contributed by atoms with Crippen LogP contribution in [0.4, 0.5) is 0 Å². The predicted octanol–water partition coefficient (Wildman–Crippen LogP) is -4.38. The maximum Gasteiger partial charge on any atom is 1.00 e. The summed E-state index contributed by atoms with van der Waals surface area (Å²) in [7, 11) is -8.99. The molecule has 0 saturated heterocycles. The van der Waals surface area contributed by atoms with Gasteiger partial charge in [0.25, 0.3) is 0 Å². The van der Waals surface area contributed by atoms with Crippen molar-refractivity contribution in [1.29, 1.82) is 0 Å². The van der Waals surface area contributed by atoms with Gasteiger partial charge in [-0.3, -0.25) is 5.04 Å². The van der Waals surface area contributed by atoms with Gasteiger partial charge in [0, 0.05) is 0 Å². The summed E-state index contributed by atoms with van der Waals surface area (Å²) in [6, 6.07) is 6.75. The average molecular weight is 471 g/mol. The fourth-order valence-corrected chi connectivity index (χ4v) is 4.75. The second-order valence-electron chi connectivity index (χ2n) is 4.70. The molecular weight excluding hydrogens is 462 g/mol. The molecule has 0 spiro atoms. The smallest absolute Gasteiger partial charge is 0.744 e. The normalized spacial score (nSPS) is 11.4. The number of aryl methyl sites for hydroxylation is 1. The molecular formula is C13H9ClNa2O8S3. The SMILES string of the molecule is Cc1ccc(S(=O)(=O)c2ccc(Cl)c(SOO[O-])c2)cc1S(=O)(=O)[O-].[Na+].[Na+]. The Morgan fingerprint density at radius 1 is 1.00 bits per heavy atom. The maximum absolute atomic E-state index is 12.7. The van der Waals surface area contributed by atoms with Crippen molar-refractivity contribution in [3.8, 4) is 0 Å². The Morgan fingerprint density at radius 3 is 2.11 bits per heavy atom. The fourth-order valence-electron chi connectivity index (χ4n) is 1.92. The topological polar surface area (TPSA) is 133 Å². The number of hydrogen-bond donors (Lipinski definition) is 0. The van der Waals surface area contributed by atoms with Crippen molar-refractivity contribution in [2.75, 3.05) is 0 Å². The van der Waals surface area contributed by atoms with Crippen molar-refractivity contribution in [2.45, 2.75) is 26.5 Å². The van der Waals surface area contributed by atoms with E-state index >= 15 is 0 Å². The molecule has 0 atom stereocenters. The molecule has 0 amide bonds. The number of benzene rings is 2. The molecule has 8 nitrogen and oxygen atoms in total. The van der Waals surface area contributed by atoms with Crippen LogP contribution >= 0.6 is 23.6 Å². The minimum atomic E-state index is -4.84. The zero-order chi connectivity index (χ0) is 18.8. The summed E-state index contributed by atoms with van der Waals surface area (Å²) < 4.78 is 63.2. The van der Waals surface area contributed by atoms with Gasteiger partial charge in [0.15, 0.2) is 0 Å². The Hall–Kier alpha value is 0.820. The molecule has 0 saturated carbocycles. The van der Waals surface area contributed by atoms with E-state index in [0.717, 1.165) is 12.1 Å². The number of hydrogen-bond acceptors (Lipinski definition) is 9. The predicted molar refractivity (Wildman–Crippen MR) is 84.1 cm³/mol. The molecule has 2 aromatic carbocycles. The van der Waals surface area contributed by atoms with Crippen molar-refractivity contribution < 1.29 is 95.1 Å². The van der Waals surface area contributed by atoms with E-state index in [9.17, 15) is 26.6 Å². The van der Waals surface area contributed by atoms with Crippen LogP contribution in [0.25, 0.3) is 0 Å². The van der Waals surface area contributed by atoms with Crippen LogP contribution in [0.2, 0.25) is 5.02 Å². The third kappa shape index (κ3) is 6.93. The molecule has 2 aromatic rings. The summed E-state index contributed by atoms with van der Waals surface area (Å²) in [6.45, 7) is 1.37. The third-order valence-corrected chi connectivity index (χ3v) is 6.91.